The predicted molar refractivity (Wildman–Crippen MR) is 136 cm³/mol. The number of aryl methyl sites for hydroxylation is 1. The van der Waals surface area contributed by atoms with Crippen LogP contribution >= 0.6 is 0 Å². The van der Waals surface area contributed by atoms with Gasteiger partial charge in [0.1, 0.15) is 0 Å². The van der Waals surface area contributed by atoms with Crippen LogP contribution in [0.5, 0.6) is 0 Å². The van der Waals surface area contributed by atoms with Crippen molar-refractivity contribution in [2.45, 2.75) is 50.5 Å². The van der Waals surface area contributed by atoms with E-state index in [2.05, 4.69) is 46.6 Å². The van der Waals surface area contributed by atoms with Gasteiger partial charge in [0.05, 0.1) is 0 Å². The fourth-order valence-corrected chi connectivity index (χ4v) is 5.77. The first-order chi connectivity index (χ1) is 16.3. The molecule has 1 fully saturated rings. The Morgan fingerprint density at radius 2 is 1.61 bits per heavy atom. The molecule has 0 spiro atoms. The van der Waals surface area contributed by atoms with E-state index in [0.29, 0.717) is 12.0 Å². The smallest absolute Gasteiger partial charge is 0.251 e. The van der Waals surface area contributed by atoms with Crippen molar-refractivity contribution in [3.63, 3.8) is 0 Å². The normalized spacial score (nSPS) is 20.0. The molecular formula is C30H34N2O. The Balaban J connectivity index is 1.07. The highest BCUT2D eigenvalue weighted by Crippen LogP contribution is 2.40. The highest BCUT2D eigenvalue weighted by Gasteiger charge is 2.35. The second-order valence-electron chi connectivity index (χ2n) is 9.50. The van der Waals surface area contributed by atoms with E-state index in [4.69, 9.17) is 0 Å². The van der Waals surface area contributed by atoms with Crippen molar-refractivity contribution >= 4 is 5.91 Å². The first-order valence-corrected chi connectivity index (χ1v) is 12.5. The van der Waals surface area contributed by atoms with Crippen LogP contribution < -0.4 is 5.32 Å². The lowest BCUT2D eigenvalue weighted by molar-refractivity contribution is 0.0948. The number of piperidine rings is 1. The predicted octanol–water partition coefficient (Wildman–Crippen LogP) is 6.06. The number of hydrogen-bond acceptors (Lipinski definition) is 2. The fourth-order valence-electron chi connectivity index (χ4n) is 5.77. The summed E-state index contributed by atoms with van der Waals surface area (Å²) in [5.41, 5.74) is 6.21. The summed E-state index contributed by atoms with van der Waals surface area (Å²) in [6, 6.07) is 27.9. The molecule has 170 valence electrons. The zero-order valence-electron chi connectivity index (χ0n) is 19.4. The number of carbonyl (C=O) groups excluding carboxylic acids is 1. The monoisotopic (exact) mass is 438 g/mol. The largest absolute Gasteiger partial charge is 0.352 e. The average Bonchev–Trinajstić information content (AvgIpc) is 2.89. The number of carbonyl (C=O) groups is 1. The quantitative estimate of drug-likeness (QED) is 0.455. The van der Waals surface area contributed by atoms with Gasteiger partial charge in [-0.3, -0.25) is 9.69 Å². The number of unbranched alkanes of at least 4 members (excludes halogenated alkanes) is 1. The summed E-state index contributed by atoms with van der Waals surface area (Å²) in [6.07, 6.45) is 7.29. The van der Waals surface area contributed by atoms with E-state index in [0.717, 1.165) is 37.1 Å². The molecule has 2 aliphatic rings. The molecule has 2 atom stereocenters. The van der Waals surface area contributed by atoms with E-state index in [1.807, 2.05) is 42.5 Å². The molecule has 3 heteroatoms. The van der Waals surface area contributed by atoms with Crippen LogP contribution in [0.25, 0.3) is 11.1 Å². The zero-order chi connectivity index (χ0) is 22.5. The van der Waals surface area contributed by atoms with Gasteiger partial charge in [0.2, 0.25) is 0 Å². The van der Waals surface area contributed by atoms with Crippen LogP contribution in [0.15, 0.2) is 78.9 Å². The third kappa shape index (κ3) is 5.04. The first kappa shape index (κ1) is 21.9. The van der Waals surface area contributed by atoms with E-state index in [-0.39, 0.29) is 5.91 Å². The molecule has 1 saturated heterocycles. The topological polar surface area (TPSA) is 32.3 Å². The molecule has 1 aliphatic carbocycles. The summed E-state index contributed by atoms with van der Waals surface area (Å²) in [7, 11) is 0. The van der Waals surface area contributed by atoms with E-state index in [1.54, 1.807) is 11.1 Å². The third-order valence-electron chi connectivity index (χ3n) is 7.47. The van der Waals surface area contributed by atoms with Gasteiger partial charge in [-0.2, -0.15) is 0 Å². The number of benzene rings is 3. The summed E-state index contributed by atoms with van der Waals surface area (Å²) < 4.78 is 0. The van der Waals surface area contributed by atoms with Crippen molar-refractivity contribution in [3.8, 4) is 11.1 Å². The second kappa shape index (κ2) is 10.4. The number of hydrogen-bond donors (Lipinski definition) is 1. The standard InChI is InChI=1S/C30H34N2O/c33-30(26-16-14-24(15-17-26)23-9-2-1-3-10-23)31-20-6-7-21-32-22-8-13-28-27-12-5-4-11-25(27)18-19-29(28)32/h1-5,9-12,14-17,28-29H,6-8,13,18-22H2,(H,31,33)/t28-,29+/m1/s1. The van der Waals surface area contributed by atoms with Crippen molar-refractivity contribution in [1.82, 2.24) is 10.2 Å². The molecule has 3 aromatic carbocycles. The van der Waals surface area contributed by atoms with Gasteiger partial charge in [0, 0.05) is 18.2 Å². The Kier molecular flexibility index (Phi) is 6.87. The van der Waals surface area contributed by atoms with Crippen molar-refractivity contribution < 1.29 is 4.79 Å². The minimum atomic E-state index is 0.0246. The molecule has 0 aromatic heterocycles. The lowest BCUT2D eigenvalue weighted by Gasteiger charge is -2.45. The maximum absolute atomic E-state index is 12.5. The minimum absolute atomic E-state index is 0.0246. The van der Waals surface area contributed by atoms with Crippen molar-refractivity contribution in [1.29, 1.82) is 0 Å². The molecule has 1 N–H and O–H groups in total. The summed E-state index contributed by atoms with van der Waals surface area (Å²) in [4.78, 5) is 15.3. The summed E-state index contributed by atoms with van der Waals surface area (Å²) in [5, 5.41) is 3.11. The maximum atomic E-state index is 12.5. The van der Waals surface area contributed by atoms with Gasteiger partial charge in [0.25, 0.3) is 5.91 Å². The summed E-state index contributed by atoms with van der Waals surface area (Å²) in [5.74, 6) is 0.735. The lowest BCUT2D eigenvalue weighted by Crippen LogP contribution is -2.46. The van der Waals surface area contributed by atoms with E-state index in [1.165, 1.54) is 37.8 Å². The van der Waals surface area contributed by atoms with Gasteiger partial charge in [0.15, 0.2) is 0 Å². The Labute approximate surface area is 197 Å². The molecule has 0 unspecified atom stereocenters. The molecule has 0 bridgehead atoms. The number of amides is 1. The Morgan fingerprint density at radius 1 is 0.848 bits per heavy atom. The van der Waals surface area contributed by atoms with Gasteiger partial charge >= 0.3 is 0 Å². The number of likely N-dealkylation sites (tertiary alicyclic amines) is 1. The highest BCUT2D eigenvalue weighted by molar-refractivity contribution is 5.94. The molecule has 5 rings (SSSR count). The van der Waals surface area contributed by atoms with Crippen molar-refractivity contribution in [2.24, 2.45) is 0 Å². The molecule has 0 radical (unpaired) electrons. The average molecular weight is 439 g/mol. The van der Waals surface area contributed by atoms with Crippen LogP contribution in [0.1, 0.15) is 59.5 Å². The van der Waals surface area contributed by atoms with Crippen LogP contribution in [0.4, 0.5) is 0 Å². The third-order valence-corrected chi connectivity index (χ3v) is 7.47. The minimum Gasteiger partial charge on any atom is -0.352 e. The van der Waals surface area contributed by atoms with Crippen molar-refractivity contribution in [2.75, 3.05) is 19.6 Å². The van der Waals surface area contributed by atoms with Gasteiger partial charge in [-0.15, -0.1) is 0 Å². The summed E-state index contributed by atoms with van der Waals surface area (Å²) >= 11 is 0. The molecule has 1 aliphatic heterocycles. The fraction of sp³-hybridized carbons (Fsp3) is 0.367. The maximum Gasteiger partial charge on any atom is 0.251 e. The van der Waals surface area contributed by atoms with Crippen LogP contribution in [0.3, 0.4) is 0 Å². The van der Waals surface area contributed by atoms with E-state index < -0.39 is 0 Å². The van der Waals surface area contributed by atoms with Crippen molar-refractivity contribution in [3.05, 3.63) is 95.6 Å². The first-order valence-electron chi connectivity index (χ1n) is 12.5. The Bertz CT molecular complexity index is 1060. The molecular weight excluding hydrogens is 404 g/mol. The van der Waals surface area contributed by atoms with Crippen LogP contribution in [-0.2, 0) is 6.42 Å². The number of rotatable bonds is 7. The molecule has 0 saturated carbocycles. The Hall–Kier alpha value is -2.91. The van der Waals surface area contributed by atoms with Gasteiger partial charge in [-0.1, -0.05) is 66.7 Å². The molecule has 1 heterocycles. The number of nitrogens with zero attached hydrogens (tertiary/aromatic N) is 1. The Morgan fingerprint density at radius 3 is 2.45 bits per heavy atom. The van der Waals surface area contributed by atoms with Gasteiger partial charge < -0.3 is 5.32 Å². The highest BCUT2D eigenvalue weighted by atomic mass is 16.1. The molecule has 1 amide bonds. The molecule has 33 heavy (non-hydrogen) atoms. The lowest BCUT2D eigenvalue weighted by atomic mass is 9.74. The van der Waals surface area contributed by atoms with Gasteiger partial charge in [-0.25, -0.2) is 0 Å². The molecule has 3 aromatic rings. The second-order valence-corrected chi connectivity index (χ2v) is 9.50. The van der Waals surface area contributed by atoms with E-state index >= 15 is 0 Å². The van der Waals surface area contributed by atoms with Crippen LogP contribution in [0, 0.1) is 0 Å². The van der Waals surface area contributed by atoms with Crippen LogP contribution in [-0.4, -0.2) is 36.5 Å². The van der Waals surface area contributed by atoms with Gasteiger partial charge in [-0.05, 0) is 91.9 Å². The molecule has 3 nitrogen and oxygen atoms in total. The SMILES string of the molecule is O=C(NCCCCN1CCC[C@@H]2c3ccccc3CC[C@@H]21)c1ccc(-c2ccccc2)cc1. The van der Waals surface area contributed by atoms with Crippen LogP contribution in [0.2, 0.25) is 0 Å². The summed E-state index contributed by atoms with van der Waals surface area (Å²) in [6.45, 7) is 3.11. The van der Waals surface area contributed by atoms with E-state index in [9.17, 15) is 4.79 Å². The number of nitrogens with one attached hydrogen (secondary N) is 1. The number of fused-ring (bicyclic) bond motifs is 3. The zero-order valence-corrected chi connectivity index (χ0v) is 19.4.